The number of carboxylic acids is 1. The van der Waals surface area contributed by atoms with Gasteiger partial charge in [-0.05, 0) is 30.5 Å². The van der Waals surface area contributed by atoms with Crippen LogP contribution in [-0.4, -0.2) is 35.0 Å². The fourth-order valence-corrected chi connectivity index (χ4v) is 2.76. The molecule has 1 atom stereocenters. The van der Waals surface area contributed by atoms with Gasteiger partial charge in [-0.1, -0.05) is 30.7 Å². The molecule has 21 heavy (non-hydrogen) atoms. The predicted octanol–water partition coefficient (Wildman–Crippen LogP) is 1.72. The number of carbonyl (C=O) groups excluding carboxylic acids is 1. The van der Waals surface area contributed by atoms with Gasteiger partial charge in [0.1, 0.15) is 0 Å². The summed E-state index contributed by atoms with van der Waals surface area (Å²) in [5, 5.41) is 9.38. The van der Waals surface area contributed by atoms with Gasteiger partial charge in [0.2, 0.25) is 5.91 Å². The quantitative estimate of drug-likeness (QED) is 0.781. The second-order valence-corrected chi connectivity index (χ2v) is 5.46. The third-order valence-electron chi connectivity index (χ3n) is 3.94. The molecule has 1 aliphatic rings. The minimum Gasteiger partial charge on any atom is -0.481 e. The molecular formula is C16H22N2O3. The number of carboxylic acid groups (broad SMARTS) is 1. The van der Waals surface area contributed by atoms with Crippen LogP contribution in [-0.2, 0) is 16.1 Å². The van der Waals surface area contributed by atoms with Crippen molar-refractivity contribution in [3.63, 3.8) is 0 Å². The van der Waals surface area contributed by atoms with Crippen LogP contribution in [0.1, 0.15) is 42.7 Å². The van der Waals surface area contributed by atoms with Crippen molar-refractivity contribution in [3.8, 4) is 0 Å². The van der Waals surface area contributed by atoms with Crippen LogP contribution in [0.4, 0.5) is 0 Å². The number of hydrogen-bond acceptors (Lipinski definition) is 3. The second-order valence-electron chi connectivity index (χ2n) is 5.46. The summed E-state index contributed by atoms with van der Waals surface area (Å²) < 4.78 is 0. The fourth-order valence-electron chi connectivity index (χ4n) is 2.76. The number of nitrogens with two attached hydrogens (primary N) is 1. The fraction of sp³-hybridized carbons (Fsp3) is 0.500. The summed E-state index contributed by atoms with van der Waals surface area (Å²) in [6.45, 7) is 1.42. The first kappa shape index (κ1) is 15.5. The molecule has 0 bridgehead atoms. The monoisotopic (exact) mass is 290 g/mol. The molecule has 0 aliphatic carbocycles. The third kappa shape index (κ3) is 3.82. The third-order valence-corrected chi connectivity index (χ3v) is 3.94. The van der Waals surface area contributed by atoms with E-state index < -0.39 is 11.9 Å². The van der Waals surface area contributed by atoms with Crippen molar-refractivity contribution < 1.29 is 14.7 Å². The molecule has 1 aromatic carbocycles. The van der Waals surface area contributed by atoms with Gasteiger partial charge in [-0.15, -0.1) is 0 Å². The zero-order chi connectivity index (χ0) is 15.2. The van der Waals surface area contributed by atoms with Crippen molar-refractivity contribution in [2.75, 3.05) is 13.1 Å². The van der Waals surface area contributed by atoms with Crippen LogP contribution >= 0.6 is 0 Å². The standard InChI is InChI=1S/C16H22N2O3/c17-9-5-1-2-8-15(19)18-10-12-6-3-4-7-13(12)14(11-18)16(20)21/h3-4,6-7,14H,1-2,5,8-11,17H2,(H,20,21). The minimum absolute atomic E-state index is 0.0350. The Labute approximate surface area is 124 Å². The molecule has 1 aliphatic heterocycles. The van der Waals surface area contributed by atoms with Gasteiger partial charge in [-0.3, -0.25) is 9.59 Å². The van der Waals surface area contributed by atoms with Crippen molar-refractivity contribution >= 4 is 11.9 Å². The first-order valence-corrected chi connectivity index (χ1v) is 7.42. The summed E-state index contributed by atoms with van der Waals surface area (Å²) in [6.07, 6.45) is 3.14. The Morgan fingerprint density at radius 1 is 1.24 bits per heavy atom. The highest BCUT2D eigenvalue weighted by molar-refractivity contribution is 5.81. The summed E-state index contributed by atoms with van der Waals surface area (Å²) in [4.78, 5) is 25.3. The number of nitrogens with zero attached hydrogens (tertiary/aromatic N) is 1. The van der Waals surface area contributed by atoms with E-state index in [0.717, 1.165) is 30.4 Å². The highest BCUT2D eigenvalue weighted by Crippen LogP contribution is 2.29. The van der Waals surface area contributed by atoms with Gasteiger partial charge < -0.3 is 15.7 Å². The Balaban J connectivity index is 2.03. The van der Waals surface area contributed by atoms with Gasteiger partial charge in [0.15, 0.2) is 0 Å². The largest absolute Gasteiger partial charge is 0.481 e. The highest BCUT2D eigenvalue weighted by Gasteiger charge is 2.31. The zero-order valence-corrected chi connectivity index (χ0v) is 12.1. The molecule has 1 unspecified atom stereocenters. The number of benzene rings is 1. The van der Waals surface area contributed by atoms with Crippen LogP contribution in [0.3, 0.4) is 0 Å². The smallest absolute Gasteiger partial charge is 0.312 e. The molecule has 3 N–H and O–H groups in total. The lowest BCUT2D eigenvalue weighted by Gasteiger charge is -2.33. The molecule has 0 saturated carbocycles. The summed E-state index contributed by atoms with van der Waals surface area (Å²) in [6, 6.07) is 7.47. The van der Waals surface area contributed by atoms with Crippen LogP contribution in [0, 0.1) is 0 Å². The van der Waals surface area contributed by atoms with Gasteiger partial charge in [0.05, 0.1) is 5.92 Å². The maximum atomic E-state index is 12.2. The van der Waals surface area contributed by atoms with Gasteiger partial charge in [-0.2, -0.15) is 0 Å². The molecule has 1 aromatic rings. The van der Waals surface area contributed by atoms with E-state index in [0.29, 0.717) is 19.5 Å². The van der Waals surface area contributed by atoms with E-state index in [1.165, 1.54) is 0 Å². The van der Waals surface area contributed by atoms with Gasteiger partial charge >= 0.3 is 5.97 Å². The average Bonchev–Trinajstić information content (AvgIpc) is 2.50. The maximum Gasteiger partial charge on any atom is 0.312 e. The molecule has 0 radical (unpaired) electrons. The van der Waals surface area contributed by atoms with E-state index in [4.69, 9.17) is 5.73 Å². The Morgan fingerprint density at radius 3 is 2.71 bits per heavy atom. The van der Waals surface area contributed by atoms with E-state index in [-0.39, 0.29) is 12.5 Å². The Hall–Kier alpha value is -1.88. The SMILES string of the molecule is NCCCCCC(=O)N1Cc2ccccc2C(C(=O)O)C1. The molecule has 0 fully saturated rings. The summed E-state index contributed by atoms with van der Waals surface area (Å²) in [5.74, 6) is -1.46. The number of aliphatic carboxylic acids is 1. The van der Waals surface area contributed by atoms with Gasteiger partial charge in [0.25, 0.3) is 0 Å². The molecule has 0 saturated heterocycles. The van der Waals surface area contributed by atoms with E-state index in [2.05, 4.69) is 0 Å². The summed E-state index contributed by atoms with van der Waals surface area (Å²) in [7, 11) is 0. The van der Waals surface area contributed by atoms with Crippen molar-refractivity contribution in [3.05, 3.63) is 35.4 Å². The lowest BCUT2D eigenvalue weighted by Crippen LogP contribution is -2.40. The normalized spacial score (nSPS) is 17.4. The highest BCUT2D eigenvalue weighted by atomic mass is 16.4. The average molecular weight is 290 g/mol. The van der Waals surface area contributed by atoms with Gasteiger partial charge in [0, 0.05) is 19.5 Å². The first-order chi connectivity index (χ1) is 10.1. The summed E-state index contributed by atoms with van der Waals surface area (Å²) >= 11 is 0. The number of rotatable bonds is 6. The molecular weight excluding hydrogens is 268 g/mol. The molecule has 5 nitrogen and oxygen atoms in total. The zero-order valence-electron chi connectivity index (χ0n) is 12.1. The number of amides is 1. The van der Waals surface area contributed by atoms with Crippen molar-refractivity contribution in [1.29, 1.82) is 0 Å². The van der Waals surface area contributed by atoms with Gasteiger partial charge in [-0.25, -0.2) is 0 Å². The molecule has 0 aromatic heterocycles. The number of carbonyl (C=O) groups is 2. The molecule has 5 heteroatoms. The van der Waals surface area contributed by atoms with Crippen LogP contribution in [0.2, 0.25) is 0 Å². The predicted molar refractivity (Wildman–Crippen MR) is 79.8 cm³/mol. The lowest BCUT2D eigenvalue weighted by atomic mass is 9.89. The number of fused-ring (bicyclic) bond motifs is 1. The van der Waals surface area contributed by atoms with Crippen LogP contribution in [0.15, 0.2) is 24.3 Å². The van der Waals surface area contributed by atoms with Crippen molar-refractivity contribution in [1.82, 2.24) is 4.90 Å². The first-order valence-electron chi connectivity index (χ1n) is 7.42. The lowest BCUT2D eigenvalue weighted by molar-refractivity contribution is -0.141. The second kappa shape index (κ2) is 7.22. The Morgan fingerprint density at radius 2 is 2.00 bits per heavy atom. The minimum atomic E-state index is -0.872. The van der Waals surface area contributed by atoms with E-state index in [9.17, 15) is 14.7 Å². The Bertz CT molecular complexity index is 516. The van der Waals surface area contributed by atoms with E-state index in [1.807, 2.05) is 24.3 Å². The van der Waals surface area contributed by atoms with E-state index >= 15 is 0 Å². The summed E-state index contributed by atoms with van der Waals surface area (Å²) in [5.41, 5.74) is 7.20. The molecule has 2 rings (SSSR count). The molecule has 114 valence electrons. The maximum absolute atomic E-state index is 12.2. The van der Waals surface area contributed by atoms with Crippen LogP contribution < -0.4 is 5.73 Å². The molecule has 1 amide bonds. The topological polar surface area (TPSA) is 83.6 Å². The Kier molecular flexibility index (Phi) is 5.33. The number of hydrogen-bond donors (Lipinski definition) is 2. The van der Waals surface area contributed by atoms with Crippen LogP contribution in [0.5, 0.6) is 0 Å². The van der Waals surface area contributed by atoms with Crippen molar-refractivity contribution in [2.24, 2.45) is 5.73 Å². The molecule has 1 heterocycles. The number of unbranched alkanes of at least 4 members (excludes halogenated alkanes) is 2. The van der Waals surface area contributed by atoms with Crippen LogP contribution in [0.25, 0.3) is 0 Å². The van der Waals surface area contributed by atoms with E-state index in [1.54, 1.807) is 4.90 Å². The molecule has 0 spiro atoms. The van der Waals surface area contributed by atoms with Crippen molar-refractivity contribution in [2.45, 2.75) is 38.1 Å².